The number of amides is 3. The molecule has 1 aromatic rings. The number of hydrazine groups is 1. The van der Waals surface area contributed by atoms with Crippen molar-refractivity contribution in [1.82, 2.24) is 20.1 Å². The lowest BCUT2D eigenvalue weighted by Crippen LogP contribution is -2.49. The van der Waals surface area contributed by atoms with Crippen LogP contribution in [-0.4, -0.2) is 73.3 Å². The van der Waals surface area contributed by atoms with Crippen LogP contribution >= 0.6 is 12.2 Å². The summed E-state index contributed by atoms with van der Waals surface area (Å²) in [5.74, 6) is -2.04. The summed E-state index contributed by atoms with van der Waals surface area (Å²) in [5.41, 5.74) is 5.38. The molecule has 2 atom stereocenters. The second kappa shape index (κ2) is 10.2. The predicted molar refractivity (Wildman–Crippen MR) is 126 cm³/mol. The molecule has 3 amide bonds. The van der Waals surface area contributed by atoms with Gasteiger partial charge in [0, 0.05) is 18.8 Å². The van der Waals surface area contributed by atoms with E-state index < -0.39 is 34.3 Å². The number of anilines is 1. The Hall–Kier alpha value is -2.87. The Balaban J connectivity index is 1.26. The largest absolute Gasteiger partial charge is 0.379 e. The highest BCUT2D eigenvalue weighted by Crippen LogP contribution is 2.34. The minimum Gasteiger partial charge on any atom is -0.379 e. The molecule has 3 N–H and O–H groups in total. The van der Waals surface area contributed by atoms with Crippen molar-refractivity contribution in [3.63, 3.8) is 0 Å². The van der Waals surface area contributed by atoms with Gasteiger partial charge in [-0.05, 0) is 49.3 Å². The summed E-state index contributed by atoms with van der Waals surface area (Å²) in [7, 11) is -3.60. The third-order valence-corrected chi connectivity index (χ3v) is 8.05. The third kappa shape index (κ3) is 5.12. The first-order valence-corrected chi connectivity index (χ1v) is 12.7. The Kier molecular flexibility index (Phi) is 7.26. The summed E-state index contributed by atoms with van der Waals surface area (Å²) < 4.78 is 31.9. The molecular formula is C21H25N5O6S2. The number of morpholine rings is 1. The molecule has 4 rings (SSSR count). The lowest BCUT2D eigenvalue weighted by molar-refractivity contribution is -0.143. The minimum atomic E-state index is -3.60. The molecule has 0 bridgehead atoms. The maximum Gasteiger partial charge on any atom is 0.258 e. The molecule has 0 aromatic heterocycles. The maximum atomic E-state index is 12.7. The Labute approximate surface area is 202 Å². The van der Waals surface area contributed by atoms with Gasteiger partial charge in [0.1, 0.15) is 6.54 Å². The number of carbonyl (C=O) groups is 3. The summed E-state index contributed by atoms with van der Waals surface area (Å²) in [6.45, 7) is 0.950. The molecule has 0 radical (unpaired) electrons. The first-order chi connectivity index (χ1) is 16.3. The van der Waals surface area contributed by atoms with E-state index in [0.717, 1.165) is 4.90 Å². The van der Waals surface area contributed by atoms with Crippen LogP contribution in [0.3, 0.4) is 0 Å². The fourth-order valence-corrected chi connectivity index (χ4v) is 5.72. The Morgan fingerprint density at radius 3 is 2.18 bits per heavy atom. The number of benzene rings is 1. The average Bonchev–Trinajstić information content (AvgIpc) is 3.08. The lowest BCUT2D eigenvalue weighted by Gasteiger charge is -2.26. The molecule has 3 aliphatic rings. The van der Waals surface area contributed by atoms with Gasteiger partial charge in [-0.25, -0.2) is 8.42 Å². The fourth-order valence-electron chi connectivity index (χ4n) is 4.14. The standard InChI is InChI=1S/C21H25N5O6S2/c27-18(13-26-19(28)16-3-1-2-4-17(16)20(26)29)23-24-21(33)22-14-5-7-15(8-6-14)34(30,31)25-9-11-32-12-10-25/h1-2,5-8,16-17H,3-4,9-13H2,(H,23,27)(H2,22,24,33)/t16-,17+. The van der Waals surface area contributed by atoms with Crippen molar-refractivity contribution >= 4 is 50.8 Å². The van der Waals surface area contributed by atoms with Crippen molar-refractivity contribution in [2.45, 2.75) is 17.7 Å². The zero-order valence-corrected chi connectivity index (χ0v) is 19.9. The molecule has 0 unspecified atom stereocenters. The number of imide groups is 1. The van der Waals surface area contributed by atoms with E-state index in [4.69, 9.17) is 17.0 Å². The van der Waals surface area contributed by atoms with Gasteiger partial charge in [0.2, 0.25) is 21.8 Å². The van der Waals surface area contributed by atoms with E-state index in [2.05, 4.69) is 16.2 Å². The second-order valence-electron chi connectivity index (χ2n) is 8.09. The highest BCUT2D eigenvalue weighted by atomic mass is 32.2. The number of hydrogen-bond acceptors (Lipinski definition) is 7. The molecule has 2 fully saturated rings. The molecule has 11 nitrogen and oxygen atoms in total. The van der Waals surface area contributed by atoms with Crippen LogP contribution in [0.1, 0.15) is 12.8 Å². The van der Waals surface area contributed by atoms with Crippen LogP contribution < -0.4 is 16.2 Å². The van der Waals surface area contributed by atoms with E-state index >= 15 is 0 Å². The number of carbonyl (C=O) groups excluding carboxylic acids is 3. The van der Waals surface area contributed by atoms with Gasteiger partial charge in [0.15, 0.2) is 5.11 Å². The van der Waals surface area contributed by atoms with Crippen molar-refractivity contribution in [2.75, 3.05) is 38.2 Å². The zero-order chi connectivity index (χ0) is 24.3. The van der Waals surface area contributed by atoms with Gasteiger partial charge in [0.05, 0.1) is 29.9 Å². The average molecular weight is 508 g/mol. The normalized spacial score (nSPS) is 22.9. The number of ether oxygens (including phenoxy) is 1. The van der Waals surface area contributed by atoms with Crippen LogP contribution in [0, 0.1) is 11.8 Å². The number of nitrogens with zero attached hydrogens (tertiary/aromatic N) is 2. The highest BCUT2D eigenvalue weighted by Gasteiger charge is 2.47. The number of nitrogens with one attached hydrogen (secondary N) is 3. The molecule has 2 saturated heterocycles. The monoisotopic (exact) mass is 507 g/mol. The van der Waals surface area contributed by atoms with Crippen molar-refractivity contribution in [1.29, 1.82) is 0 Å². The molecule has 2 aliphatic heterocycles. The van der Waals surface area contributed by atoms with Crippen LogP contribution in [-0.2, 0) is 29.1 Å². The number of likely N-dealkylation sites (tertiary alicyclic amines) is 1. The molecule has 13 heteroatoms. The van der Waals surface area contributed by atoms with Crippen LogP contribution in [0.2, 0.25) is 0 Å². The van der Waals surface area contributed by atoms with Crippen molar-refractivity contribution in [3.8, 4) is 0 Å². The van der Waals surface area contributed by atoms with Gasteiger partial charge in [-0.2, -0.15) is 4.31 Å². The maximum absolute atomic E-state index is 12.7. The summed E-state index contributed by atoms with van der Waals surface area (Å²) >= 11 is 5.14. The highest BCUT2D eigenvalue weighted by molar-refractivity contribution is 7.89. The smallest absolute Gasteiger partial charge is 0.258 e. The quantitative estimate of drug-likeness (QED) is 0.217. The Bertz CT molecular complexity index is 1090. The first-order valence-electron chi connectivity index (χ1n) is 10.8. The molecule has 0 saturated carbocycles. The van der Waals surface area contributed by atoms with E-state index in [1.54, 1.807) is 12.1 Å². The number of rotatable bonds is 5. The van der Waals surface area contributed by atoms with Gasteiger partial charge < -0.3 is 10.1 Å². The van der Waals surface area contributed by atoms with Crippen molar-refractivity contribution in [3.05, 3.63) is 36.4 Å². The van der Waals surface area contributed by atoms with Gasteiger partial charge in [0.25, 0.3) is 5.91 Å². The summed E-state index contributed by atoms with van der Waals surface area (Å²) in [6, 6.07) is 6.04. The summed E-state index contributed by atoms with van der Waals surface area (Å²) in [5, 5.41) is 2.88. The number of sulfonamides is 1. The van der Waals surface area contributed by atoms with Crippen LogP contribution in [0.4, 0.5) is 5.69 Å². The Morgan fingerprint density at radius 2 is 1.59 bits per heavy atom. The molecule has 2 heterocycles. The number of thiocarbonyl (C=S) groups is 1. The van der Waals surface area contributed by atoms with E-state index in [1.165, 1.54) is 16.4 Å². The van der Waals surface area contributed by atoms with Crippen molar-refractivity contribution in [2.24, 2.45) is 11.8 Å². The molecular weight excluding hydrogens is 482 g/mol. The molecule has 34 heavy (non-hydrogen) atoms. The summed E-state index contributed by atoms with van der Waals surface area (Å²) in [6.07, 6.45) is 4.77. The Morgan fingerprint density at radius 1 is 1.00 bits per heavy atom. The molecule has 0 spiro atoms. The molecule has 1 aliphatic carbocycles. The molecule has 182 valence electrons. The van der Waals surface area contributed by atoms with Crippen LogP contribution in [0.15, 0.2) is 41.3 Å². The number of fused-ring (bicyclic) bond motifs is 1. The fraction of sp³-hybridized carbons (Fsp3) is 0.429. The van der Waals surface area contributed by atoms with Gasteiger partial charge >= 0.3 is 0 Å². The second-order valence-corrected chi connectivity index (χ2v) is 10.4. The van der Waals surface area contributed by atoms with Gasteiger partial charge in [-0.15, -0.1) is 0 Å². The minimum absolute atomic E-state index is 0.0501. The number of hydrogen-bond donors (Lipinski definition) is 3. The van der Waals surface area contributed by atoms with E-state index in [9.17, 15) is 22.8 Å². The molecule has 1 aromatic carbocycles. The van der Waals surface area contributed by atoms with Crippen molar-refractivity contribution < 1.29 is 27.5 Å². The van der Waals surface area contributed by atoms with Gasteiger partial charge in [-0.3, -0.25) is 30.1 Å². The third-order valence-electron chi connectivity index (χ3n) is 5.94. The zero-order valence-electron chi connectivity index (χ0n) is 18.2. The van der Waals surface area contributed by atoms with E-state index in [0.29, 0.717) is 44.8 Å². The van der Waals surface area contributed by atoms with Gasteiger partial charge in [-0.1, -0.05) is 12.2 Å². The first kappa shape index (κ1) is 24.3. The van der Waals surface area contributed by atoms with Crippen LogP contribution in [0.25, 0.3) is 0 Å². The van der Waals surface area contributed by atoms with E-state index in [1.807, 2.05) is 12.2 Å². The topological polar surface area (TPSA) is 137 Å². The van der Waals surface area contributed by atoms with Crippen LogP contribution in [0.5, 0.6) is 0 Å². The summed E-state index contributed by atoms with van der Waals surface area (Å²) in [4.78, 5) is 38.3. The predicted octanol–water partition coefficient (Wildman–Crippen LogP) is -0.0237. The number of allylic oxidation sites excluding steroid dienone is 2. The lowest BCUT2D eigenvalue weighted by atomic mass is 9.85. The van der Waals surface area contributed by atoms with E-state index in [-0.39, 0.29) is 21.8 Å². The SMILES string of the molecule is O=C(CN1C(=O)[C@H]2CC=CC[C@H]2C1=O)NNC(=S)Nc1ccc(S(=O)(=O)N2CCOCC2)cc1.